The van der Waals surface area contributed by atoms with E-state index >= 15 is 0 Å². The summed E-state index contributed by atoms with van der Waals surface area (Å²) in [6.45, 7) is 4.07. The monoisotopic (exact) mass is 232 g/mol. The number of aromatic nitrogens is 1. The first kappa shape index (κ1) is 11.3. The number of nitrogens with two attached hydrogens (primary N) is 1. The second-order valence-corrected chi connectivity index (χ2v) is 5.06. The van der Waals surface area contributed by atoms with Gasteiger partial charge in [0.25, 0.3) is 0 Å². The van der Waals surface area contributed by atoms with Crippen molar-refractivity contribution < 1.29 is 0 Å². The molecule has 84 valence electrons. The molecule has 2 nitrogen and oxygen atoms in total. The minimum atomic E-state index is 0.0301. The van der Waals surface area contributed by atoms with Gasteiger partial charge in [-0.1, -0.05) is 29.8 Å². The van der Waals surface area contributed by atoms with Crippen LogP contribution in [0.1, 0.15) is 34.8 Å². The van der Waals surface area contributed by atoms with E-state index in [1.54, 1.807) is 11.3 Å². The normalized spacial score (nSPS) is 12.7. The van der Waals surface area contributed by atoms with E-state index in [-0.39, 0.29) is 6.04 Å². The maximum Gasteiger partial charge on any atom is 0.0972 e. The summed E-state index contributed by atoms with van der Waals surface area (Å²) in [6, 6.07) is 8.57. The number of thiazole rings is 1. The van der Waals surface area contributed by atoms with Crippen molar-refractivity contribution in [3.8, 4) is 0 Å². The molecule has 0 aliphatic rings. The lowest BCUT2D eigenvalue weighted by Gasteiger charge is -2.00. The largest absolute Gasteiger partial charge is 0.323 e. The van der Waals surface area contributed by atoms with Gasteiger partial charge in [-0.3, -0.25) is 0 Å². The molecule has 1 aromatic carbocycles. The SMILES string of the molecule is Cc1cccc(Cc2nc(C(C)N)cs2)c1. The number of rotatable bonds is 3. The van der Waals surface area contributed by atoms with Gasteiger partial charge in [-0.25, -0.2) is 4.98 Å². The maximum absolute atomic E-state index is 5.79. The number of aryl methyl sites for hydroxylation is 1. The summed E-state index contributed by atoms with van der Waals surface area (Å²) in [7, 11) is 0. The molecule has 1 unspecified atom stereocenters. The van der Waals surface area contributed by atoms with Crippen molar-refractivity contribution in [3.05, 3.63) is 51.5 Å². The molecule has 0 saturated heterocycles. The van der Waals surface area contributed by atoms with Gasteiger partial charge in [0.2, 0.25) is 0 Å². The molecular weight excluding hydrogens is 216 g/mol. The van der Waals surface area contributed by atoms with Crippen LogP contribution >= 0.6 is 11.3 Å². The lowest BCUT2D eigenvalue weighted by molar-refractivity contribution is 0.784. The molecule has 0 radical (unpaired) electrons. The second kappa shape index (κ2) is 4.76. The number of nitrogens with zero attached hydrogens (tertiary/aromatic N) is 1. The van der Waals surface area contributed by atoms with Crippen LogP contribution in [0.3, 0.4) is 0 Å². The molecule has 0 saturated carbocycles. The molecule has 1 aromatic heterocycles. The second-order valence-electron chi connectivity index (χ2n) is 4.12. The minimum Gasteiger partial charge on any atom is -0.323 e. The van der Waals surface area contributed by atoms with E-state index in [2.05, 4.69) is 41.6 Å². The highest BCUT2D eigenvalue weighted by molar-refractivity contribution is 7.09. The third-order valence-electron chi connectivity index (χ3n) is 2.47. The van der Waals surface area contributed by atoms with E-state index in [0.717, 1.165) is 17.1 Å². The van der Waals surface area contributed by atoms with E-state index in [4.69, 9.17) is 5.73 Å². The quantitative estimate of drug-likeness (QED) is 0.883. The van der Waals surface area contributed by atoms with Gasteiger partial charge in [-0.15, -0.1) is 11.3 Å². The molecule has 2 aromatic rings. The number of hydrogen-bond acceptors (Lipinski definition) is 3. The Labute approximate surface area is 100 Å². The van der Waals surface area contributed by atoms with E-state index in [1.165, 1.54) is 11.1 Å². The van der Waals surface area contributed by atoms with E-state index < -0.39 is 0 Å². The van der Waals surface area contributed by atoms with Crippen LogP contribution in [0.4, 0.5) is 0 Å². The highest BCUT2D eigenvalue weighted by Crippen LogP contribution is 2.18. The fraction of sp³-hybridized carbons (Fsp3) is 0.308. The van der Waals surface area contributed by atoms with Crippen molar-refractivity contribution in [2.75, 3.05) is 0 Å². The summed E-state index contributed by atoms with van der Waals surface area (Å²) in [5.74, 6) is 0. The standard InChI is InChI=1S/C13H16N2S/c1-9-4-3-5-11(6-9)7-13-15-12(8-16-13)10(2)14/h3-6,8,10H,7,14H2,1-2H3. The Morgan fingerprint density at radius 2 is 2.25 bits per heavy atom. The average molecular weight is 232 g/mol. The van der Waals surface area contributed by atoms with Gasteiger partial charge < -0.3 is 5.73 Å². The molecule has 2 N–H and O–H groups in total. The Kier molecular flexibility index (Phi) is 3.36. The van der Waals surface area contributed by atoms with Crippen LogP contribution in [0.25, 0.3) is 0 Å². The zero-order valence-electron chi connectivity index (χ0n) is 9.60. The van der Waals surface area contributed by atoms with Gasteiger partial charge in [0.15, 0.2) is 0 Å². The molecule has 0 bridgehead atoms. The smallest absolute Gasteiger partial charge is 0.0972 e. The lowest BCUT2D eigenvalue weighted by Crippen LogP contribution is -2.05. The summed E-state index contributed by atoms with van der Waals surface area (Å²) in [5, 5.41) is 3.19. The van der Waals surface area contributed by atoms with Crippen molar-refractivity contribution >= 4 is 11.3 Å². The van der Waals surface area contributed by atoms with Gasteiger partial charge in [-0.2, -0.15) is 0 Å². The van der Waals surface area contributed by atoms with Crippen LogP contribution in [-0.4, -0.2) is 4.98 Å². The zero-order valence-corrected chi connectivity index (χ0v) is 10.4. The predicted molar refractivity (Wildman–Crippen MR) is 68.7 cm³/mol. The zero-order chi connectivity index (χ0) is 11.5. The first-order valence-corrected chi connectivity index (χ1v) is 6.28. The number of benzene rings is 1. The first-order chi connectivity index (χ1) is 7.65. The van der Waals surface area contributed by atoms with Crippen molar-refractivity contribution in [2.24, 2.45) is 5.73 Å². The van der Waals surface area contributed by atoms with E-state index in [9.17, 15) is 0 Å². The molecule has 1 heterocycles. The van der Waals surface area contributed by atoms with Gasteiger partial charge >= 0.3 is 0 Å². The Hall–Kier alpha value is -1.19. The first-order valence-electron chi connectivity index (χ1n) is 5.40. The predicted octanol–water partition coefficient (Wildman–Crippen LogP) is 3.06. The molecule has 0 aliphatic heterocycles. The molecule has 1 atom stereocenters. The number of hydrogen-bond donors (Lipinski definition) is 1. The summed E-state index contributed by atoms with van der Waals surface area (Å²) < 4.78 is 0. The Bertz CT molecular complexity index is 474. The molecule has 0 spiro atoms. The van der Waals surface area contributed by atoms with Gasteiger partial charge in [-0.05, 0) is 19.4 Å². The van der Waals surface area contributed by atoms with E-state index in [0.29, 0.717) is 0 Å². The molecule has 3 heteroatoms. The van der Waals surface area contributed by atoms with Crippen LogP contribution in [0.15, 0.2) is 29.6 Å². The van der Waals surface area contributed by atoms with Crippen molar-refractivity contribution in [3.63, 3.8) is 0 Å². The molecule has 0 fully saturated rings. The van der Waals surface area contributed by atoms with Crippen LogP contribution in [0.2, 0.25) is 0 Å². The Morgan fingerprint density at radius 3 is 2.88 bits per heavy atom. The van der Waals surface area contributed by atoms with Crippen LogP contribution < -0.4 is 5.73 Å². The van der Waals surface area contributed by atoms with Crippen LogP contribution in [0, 0.1) is 6.92 Å². The molecule has 2 rings (SSSR count). The summed E-state index contributed by atoms with van der Waals surface area (Å²) >= 11 is 1.69. The van der Waals surface area contributed by atoms with Crippen molar-refractivity contribution in [1.29, 1.82) is 0 Å². The van der Waals surface area contributed by atoms with Gasteiger partial charge in [0.05, 0.1) is 10.7 Å². The maximum atomic E-state index is 5.79. The Morgan fingerprint density at radius 1 is 1.44 bits per heavy atom. The fourth-order valence-electron chi connectivity index (χ4n) is 1.61. The minimum absolute atomic E-state index is 0.0301. The van der Waals surface area contributed by atoms with Crippen molar-refractivity contribution in [1.82, 2.24) is 4.98 Å². The molecule has 16 heavy (non-hydrogen) atoms. The summed E-state index contributed by atoms with van der Waals surface area (Å²) in [6.07, 6.45) is 0.902. The van der Waals surface area contributed by atoms with Crippen LogP contribution in [-0.2, 0) is 6.42 Å². The Balaban J connectivity index is 2.14. The molecular formula is C13H16N2S. The lowest BCUT2D eigenvalue weighted by atomic mass is 10.1. The topological polar surface area (TPSA) is 38.9 Å². The molecule has 0 aliphatic carbocycles. The summed E-state index contributed by atoms with van der Waals surface area (Å²) in [4.78, 5) is 4.53. The van der Waals surface area contributed by atoms with Gasteiger partial charge in [0.1, 0.15) is 0 Å². The average Bonchev–Trinajstić information content (AvgIpc) is 2.66. The van der Waals surface area contributed by atoms with Gasteiger partial charge in [0, 0.05) is 17.8 Å². The van der Waals surface area contributed by atoms with Crippen molar-refractivity contribution in [2.45, 2.75) is 26.3 Å². The molecule has 0 amide bonds. The highest BCUT2D eigenvalue weighted by Gasteiger charge is 2.06. The third-order valence-corrected chi connectivity index (χ3v) is 3.34. The third kappa shape index (κ3) is 2.68. The highest BCUT2D eigenvalue weighted by atomic mass is 32.1. The summed E-state index contributed by atoms with van der Waals surface area (Å²) in [5.41, 5.74) is 9.39. The fourth-order valence-corrected chi connectivity index (χ4v) is 2.54. The van der Waals surface area contributed by atoms with Crippen LogP contribution in [0.5, 0.6) is 0 Å². The van der Waals surface area contributed by atoms with E-state index in [1.807, 2.05) is 6.92 Å².